The molecule has 1 unspecified atom stereocenters. The number of benzene rings is 1. The number of nitrogens with zero attached hydrogens (tertiary/aromatic N) is 3. The number of furan rings is 1. The van der Waals surface area contributed by atoms with E-state index in [2.05, 4.69) is 32.2 Å². The fourth-order valence-corrected chi connectivity index (χ4v) is 4.64. The summed E-state index contributed by atoms with van der Waals surface area (Å²) in [5, 5.41) is 12.4. The van der Waals surface area contributed by atoms with Crippen LogP contribution in [0.25, 0.3) is 5.69 Å². The van der Waals surface area contributed by atoms with Crippen LogP contribution >= 0.6 is 11.8 Å². The van der Waals surface area contributed by atoms with Crippen molar-refractivity contribution in [2.24, 2.45) is 0 Å². The molecule has 1 atom stereocenters. The van der Waals surface area contributed by atoms with Gasteiger partial charge in [-0.25, -0.2) is 0 Å². The van der Waals surface area contributed by atoms with Crippen LogP contribution in [0, 0.1) is 0 Å². The number of carbonyl (C=O) groups excluding carboxylic acids is 1. The molecule has 2 heterocycles. The van der Waals surface area contributed by atoms with E-state index in [1.807, 2.05) is 37.3 Å². The highest BCUT2D eigenvalue weighted by Gasteiger charge is 2.26. The summed E-state index contributed by atoms with van der Waals surface area (Å²) in [5.41, 5.74) is 1.05. The molecule has 1 fully saturated rings. The van der Waals surface area contributed by atoms with Crippen LogP contribution in [-0.2, 0) is 11.3 Å². The van der Waals surface area contributed by atoms with Crippen molar-refractivity contribution in [1.29, 1.82) is 0 Å². The normalized spacial score (nSPS) is 15.9. The van der Waals surface area contributed by atoms with Gasteiger partial charge in [0.1, 0.15) is 11.6 Å². The molecule has 0 bridgehead atoms. The predicted molar refractivity (Wildman–Crippen MR) is 113 cm³/mol. The van der Waals surface area contributed by atoms with Gasteiger partial charge >= 0.3 is 0 Å². The number of amides is 1. The van der Waals surface area contributed by atoms with Crippen LogP contribution in [-0.4, -0.2) is 25.9 Å². The Morgan fingerprint density at radius 2 is 1.97 bits per heavy atom. The smallest absolute Gasteiger partial charge is 0.233 e. The van der Waals surface area contributed by atoms with Crippen LogP contribution < -0.4 is 5.32 Å². The van der Waals surface area contributed by atoms with E-state index in [0.717, 1.165) is 35.3 Å². The Morgan fingerprint density at radius 3 is 2.69 bits per heavy atom. The molecule has 3 aromatic rings. The topological polar surface area (TPSA) is 73.0 Å². The van der Waals surface area contributed by atoms with Crippen molar-refractivity contribution in [1.82, 2.24) is 20.1 Å². The number of hydrogen-bond donors (Lipinski definition) is 1. The number of thioether (sulfide) groups is 1. The summed E-state index contributed by atoms with van der Waals surface area (Å²) in [6.07, 6.45) is 7.67. The van der Waals surface area contributed by atoms with Crippen LogP contribution in [0.1, 0.15) is 56.5 Å². The first kappa shape index (κ1) is 19.8. The second kappa shape index (κ2) is 9.31. The van der Waals surface area contributed by atoms with Crippen molar-refractivity contribution in [3.8, 4) is 5.69 Å². The minimum Gasteiger partial charge on any atom is -0.467 e. The molecule has 1 amide bonds. The quantitative estimate of drug-likeness (QED) is 0.571. The lowest BCUT2D eigenvalue weighted by Gasteiger charge is -2.22. The fourth-order valence-electron chi connectivity index (χ4n) is 3.75. The van der Waals surface area contributed by atoms with E-state index in [1.54, 1.807) is 6.26 Å². The van der Waals surface area contributed by atoms with Crippen molar-refractivity contribution in [2.45, 2.75) is 61.9 Å². The number of carbonyl (C=O) groups is 1. The van der Waals surface area contributed by atoms with Crippen LogP contribution in [0.4, 0.5) is 0 Å². The van der Waals surface area contributed by atoms with Crippen molar-refractivity contribution >= 4 is 17.7 Å². The van der Waals surface area contributed by atoms with E-state index < -0.39 is 0 Å². The van der Waals surface area contributed by atoms with Gasteiger partial charge < -0.3 is 9.73 Å². The molecule has 0 aliphatic heterocycles. The first-order chi connectivity index (χ1) is 14.2. The van der Waals surface area contributed by atoms with Gasteiger partial charge in [0.05, 0.1) is 18.1 Å². The van der Waals surface area contributed by atoms with Gasteiger partial charge in [-0.3, -0.25) is 9.36 Å². The summed E-state index contributed by atoms with van der Waals surface area (Å²) in [5.74, 6) is 2.13. The molecule has 0 spiro atoms. The Balaban J connectivity index is 1.53. The van der Waals surface area contributed by atoms with Gasteiger partial charge in [0.2, 0.25) is 5.91 Å². The van der Waals surface area contributed by atoms with Gasteiger partial charge in [0.15, 0.2) is 5.16 Å². The fraction of sp³-hybridized carbons (Fsp3) is 0.409. The second-order valence-corrected chi connectivity index (χ2v) is 8.71. The third-order valence-electron chi connectivity index (χ3n) is 5.31. The maximum Gasteiger partial charge on any atom is 0.233 e. The molecule has 2 aromatic heterocycles. The van der Waals surface area contributed by atoms with Crippen molar-refractivity contribution in [2.75, 3.05) is 0 Å². The highest BCUT2D eigenvalue weighted by Crippen LogP contribution is 2.35. The lowest BCUT2D eigenvalue weighted by molar-refractivity contribution is -0.120. The number of hydrogen-bond acceptors (Lipinski definition) is 5. The van der Waals surface area contributed by atoms with E-state index in [9.17, 15) is 4.79 Å². The summed E-state index contributed by atoms with van der Waals surface area (Å²) in [7, 11) is 0. The first-order valence-electron chi connectivity index (χ1n) is 10.2. The maximum absolute atomic E-state index is 12.6. The molecule has 152 valence electrons. The summed E-state index contributed by atoms with van der Waals surface area (Å²) >= 11 is 1.44. The average molecular weight is 411 g/mol. The molecule has 4 rings (SSSR count). The van der Waals surface area contributed by atoms with E-state index >= 15 is 0 Å². The van der Waals surface area contributed by atoms with Gasteiger partial charge in [-0.15, -0.1) is 10.2 Å². The van der Waals surface area contributed by atoms with Gasteiger partial charge in [0, 0.05) is 11.6 Å². The monoisotopic (exact) mass is 410 g/mol. The molecule has 0 saturated heterocycles. The molecule has 1 saturated carbocycles. The molecule has 7 heteroatoms. The van der Waals surface area contributed by atoms with Gasteiger partial charge in [0.25, 0.3) is 0 Å². The molecular weight excluding hydrogens is 384 g/mol. The molecule has 1 aliphatic rings. The third kappa shape index (κ3) is 4.72. The number of para-hydroxylation sites is 1. The highest BCUT2D eigenvalue weighted by molar-refractivity contribution is 8.00. The summed E-state index contributed by atoms with van der Waals surface area (Å²) in [6, 6.07) is 13.9. The molecule has 29 heavy (non-hydrogen) atoms. The van der Waals surface area contributed by atoms with Crippen LogP contribution in [0.3, 0.4) is 0 Å². The Labute approximate surface area is 175 Å². The molecule has 1 aliphatic carbocycles. The van der Waals surface area contributed by atoms with Crippen LogP contribution in [0.5, 0.6) is 0 Å². The minimum absolute atomic E-state index is 0.0479. The third-order valence-corrected chi connectivity index (χ3v) is 6.35. The van der Waals surface area contributed by atoms with E-state index in [0.29, 0.717) is 12.5 Å². The zero-order chi connectivity index (χ0) is 20.1. The Bertz CT molecular complexity index is 918. The SMILES string of the molecule is CC(Sc1nnc(C2CCCCC2)n1-c1ccccc1)C(=O)NCc1ccco1. The molecule has 1 N–H and O–H groups in total. The largest absolute Gasteiger partial charge is 0.467 e. The molecule has 1 aromatic carbocycles. The molecular formula is C22H26N4O2S. The lowest BCUT2D eigenvalue weighted by atomic mass is 9.88. The predicted octanol–water partition coefficient (Wildman–Crippen LogP) is 4.71. The summed E-state index contributed by atoms with van der Waals surface area (Å²) < 4.78 is 7.42. The Morgan fingerprint density at radius 1 is 1.17 bits per heavy atom. The minimum atomic E-state index is -0.296. The Kier molecular flexibility index (Phi) is 6.34. The van der Waals surface area contributed by atoms with Gasteiger partial charge in [-0.05, 0) is 44.0 Å². The first-order valence-corrected chi connectivity index (χ1v) is 11.1. The maximum atomic E-state index is 12.6. The van der Waals surface area contributed by atoms with E-state index in [-0.39, 0.29) is 11.2 Å². The van der Waals surface area contributed by atoms with Crippen molar-refractivity contribution in [3.05, 3.63) is 60.3 Å². The highest BCUT2D eigenvalue weighted by atomic mass is 32.2. The van der Waals surface area contributed by atoms with Gasteiger partial charge in [-0.1, -0.05) is 49.2 Å². The summed E-state index contributed by atoms with van der Waals surface area (Å²) in [6.45, 7) is 2.28. The van der Waals surface area contributed by atoms with Crippen molar-refractivity contribution in [3.63, 3.8) is 0 Å². The van der Waals surface area contributed by atoms with Crippen LogP contribution in [0.15, 0.2) is 58.3 Å². The Hall–Kier alpha value is -2.54. The van der Waals surface area contributed by atoms with Crippen molar-refractivity contribution < 1.29 is 9.21 Å². The van der Waals surface area contributed by atoms with Gasteiger partial charge in [-0.2, -0.15) is 0 Å². The number of aromatic nitrogens is 3. The zero-order valence-electron chi connectivity index (χ0n) is 16.6. The van der Waals surface area contributed by atoms with Crippen LogP contribution in [0.2, 0.25) is 0 Å². The number of nitrogens with one attached hydrogen (secondary N) is 1. The summed E-state index contributed by atoms with van der Waals surface area (Å²) in [4.78, 5) is 12.6. The number of rotatable bonds is 7. The molecule has 0 radical (unpaired) electrons. The second-order valence-electron chi connectivity index (χ2n) is 7.40. The zero-order valence-corrected chi connectivity index (χ0v) is 17.4. The lowest BCUT2D eigenvalue weighted by Crippen LogP contribution is -2.30. The van der Waals surface area contributed by atoms with E-state index in [1.165, 1.54) is 31.0 Å². The van der Waals surface area contributed by atoms with E-state index in [4.69, 9.17) is 4.42 Å². The standard InChI is InChI=1S/C22H26N4O2S/c1-16(21(27)23-15-19-13-8-14-28-19)29-22-25-24-20(17-9-4-2-5-10-17)26(22)18-11-6-3-7-12-18/h3,6-8,11-14,16-17H,2,4-5,9-10,15H2,1H3,(H,23,27). The average Bonchev–Trinajstić information content (AvgIpc) is 3.43. The molecule has 6 nitrogen and oxygen atoms in total.